The van der Waals surface area contributed by atoms with Crippen LogP contribution in [0, 0.1) is 6.92 Å². The van der Waals surface area contributed by atoms with Crippen LogP contribution in [0.25, 0.3) is 22.9 Å². The van der Waals surface area contributed by atoms with Gasteiger partial charge in [-0.2, -0.15) is 0 Å². The maximum Gasteiger partial charge on any atom is -0.0111 e. The molecule has 0 aliphatic heterocycles. The Balaban J connectivity index is 2.04. The first-order valence-electron chi connectivity index (χ1n) is 6.56. The van der Waals surface area contributed by atoms with E-state index in [1.165, 1.54) is 27.5 Å². The highest BCUT2D eigenvalue weighted by Crippen LogP contribution is 2.21. The zero-order valence-electron chi connectivity index (χ0n) is 11.0. The molecule has 0 nitrogen and oxygen atoms in total. The van der Waals surface area contributed by atoms with Crippen molar-refractivity contribution in [2.45, 2.75) is 6.92 Å². The fourth-order valence-electron chi connectivity index (χ4n) is 2.35. The lowest BCUT2D eigenvalue weighted by Gasteiger charge is -2.02. The molecule has 0 heteroatoms. The highest BCUT2D eigenvalue weighted by Gasteiger charge is 1.97. The average Bonchev–Trinajstić information content (AvgIpc) is 2.46. The Morgan fingerprint density at radius 1 is 0.632 bits per heavy atom. The van der Waals surface area contributed by atoms with Crippen LogP contribution in [-0.4, -0.2) is 0 Å². The summed E-state index contributed by atoms with van der Waals surface area (Å²) in [6, 6.07) is 23.4. The van der Waals surface area contributed by atoms with Crippen LogP contribution in [0.4, 0.5) is 0 Å². The van der Waals surface area contributed by atoms with Gasteiger partial charge in [-0.05, 0) is 34.4 Å². The maximum atomic E-state index is 2.20. The number of hydrogen-bond donors (Lipinski definition) is 0. The summed E-state index contributed by atoms with van der Waals surface area (Å²) in [5.41, 5.74) is 3.84. The molecule has 0 fully saturated rings. The molecule has 3 aromatic rings. The van der Waals surface area contributed by atoms with Gasteiger partial charge in [-0.25, -0.2) is 0 Å². The summed E-state index contributed by atoms with van der Waals surface area (Å²) in [7, 11) is 0. The van der Waals surface area contributed by atoms with Crippen molar-refractivity contribution in [2.24, 2.45) is 0 Å². The summed E-state index contributed by atoms with van der Waals surface area (Å²) in [5.74, 6) is 0. The lowest BCUT2D eigenvalue weighted by atomic mass is 10.0. The van der Waals surface area contributed by atoms with Crippen LogP contribution in [0.2, 0.25) is 0 Å². The summed E-state index contributed by atoms with van der Waals surface area (Å²) in [6.07, 6.45) is 4.39. The number of aryl methyl sites for hydroxylation is 1. The van der Waals surface area contributed by atoms with Gasteiger partial charge in [0, 0.05) is 0 Å². The Morgan fingerprint density at radius 3 is 2.16 bits per heavy atom. The van der Waals surface area contributed by atoms with Crippen LogP contribution in [-0.2, 0) is 0 Å². The normalized spacial score (nSPS) is 11.2. The molecule has 0 bridgehead atoms. The minimum Gasteiger partial charge on any atom is -0.0620 e. The minimum absolute atomic E-state index is 1.27. The van der Waals surface area contributed by atoms with Crippen molar-refractivity contribution in [1.29, 1.82) is 0 Å². The molecule has 0 aliphatic rings. The number of benzene rings is 3. The maximum absolute atomic E-state index is 2.20. The molecule has 92 valence electrons. The fourth-order valence-corrected chi connectivity index (χ4v) is 2.35. The first-order valence-corrected chi connectivity index (χ1v) is 6.56. The average molecular weight is 244 g/mol. The first kappa shape index (κ1) is 11.7. The van der Waals surface area contributed by atoms with E-state index in [-0.39, 0.29) is 0 Å². The third kappa shape index (κ3) is 2.43. The largest absolute Gasteiger partial charge is 0.0620 e. The smallest absolute Gasteiger partial charge is 0.0111 e. The zero-order valence-corrected chi connectivity index (χ0v) is 11.0. The number of rotatable bonds is 2. The monoisotopic (exact) mass is 244 g/mol. The Morgan fingerprint density at radius 2 is 1.26 bits per heavy atom. The van der Waals surface area contributed by atoms with Crippen LogP contribution >= 0.6 is 0 Å². The van der Waals surface area contributed by atoms with E-state index >= 15 is 0 Å². The van der Waals surface area contributed by atoms with Gasteiger partial charge in [0.15, 0.2) is 0 Å². The van der Waals surface area contributed by atoms with Crippen molar-refractivity contribution in [3.8, 4) is 0 Å². The van der Waals surface area contributed by atoms with Gasteiger partial charge in [0.25, 0.3) is 0 Å². The summed E-state index contributed by atoms with van der Waals surface area (Å²) in [5, 5.41) is 2.59. The van der Waals surface area contributed by atoms with Gasteiger partial charge in [0.2, 0.25) is 0 Å². The molecule has 0 amide bonds. The standard InChI is InChI=1S/C19H16/c1-15-7-2-3-8-16(15)13-14-18-11-6-10-17-9-4-5-12-19(17)18/h2-14H,1H3/b14-13+. The molecule has 19 heavy (non-hydrogen) atoms. The van der Waals surface area contributed by atoms with E-state index < -0.39 is 0 Å². The third-order valence-electron chi connectivity index (χ3n) is 3.45. The predicted molar refractivity (Wildman–Crippen MR) is 84.1 cm³/mol. The fraction of sp³-hybridized carbons (Fsp3) is 0.0526. The van der Waals surface area contributed by atoms with Crippen LogP contribution in [0.5, 0.6) is 0 Å². The van der Waals surface area contributed by atoms with Gasteiger partial charge in [0.1, 0.15) is 0 Å². The highest BCUT2D eigenvalue weighted by molar-refractivity contribution is 5.92. The van der Waals surface area contributed by atoms with Gasteiger partial charge >= 0.3 is 0 Å². The van der Waals surface area contributed by atoms with E-state index in [0.29, 0.717) is 0 Å². The predicted octanol–water partition coefficient (Wildman–Crippen LogP) is 5.32. The Labute approximate surface area is 114 Å². The van der Waals surface area contributed by atoms with Crippen molar-refractivity contribution < 1.29 is 0 Å². The van der Waals surface area contributed by atoms with Gasteiger partial charge in [0.05, 0.1) is 0 Å². The molecule has 0 spiro atoms. The molecule has 0 aliphatic carbocycles. The van der Waals surface area contributed by atoms with E-state index in [1.807, 2.05) is 0 Å². The topological polar surface area (TPSA) is 0 Å². The second kappa shape index (κ2) is 5.11. The van der Waals surface area contributed by atoms with Crippen LogP contribution in [0.15, 0.2) is 66.7 Å². The third-order valence-corrected chi connectivity index (χ3v) is 3.45. The van der Waals surface area contributed by atoms with Crippen LogP contribution < -0.4 is 0 Å². The molecule has 0 heterocycles. The number of hydrogen-bond acceptors (Lipinski definition) is 0. The summed E-state index contributed by atoms with van der Waals surface area (Å²) in [4.78, 5) is 0. The molecule has 0 unspecified atom stereocenters. The molecular formula is C19H16. The molecule has 3 rings (SSSR count). The summed E-state index contributed by atoms with van der Waals surface area (Å²) in [6.45, 7) is 2.14. The molecule has 0 aromatic heterocycles. The molecule has 0 radical (unpaired) electrons. The van der Waals surface area contributed by atoms with Crippen molar-refractivity contribution >= 4 is 22.9 Å². The van der Waals surface area contributed by atoms with Gasteiger partial charge in [-0.3, -0.25) is 0 Å². The van der Waals surface area contributed by atoms with Crippen molar-refractivity contribution in [2.75, 3.05) is 0 Å². The zero-order chi connectivity index (χ0) is 13.1. The van der Waals surface area contributed by atoms with Crippen molar-refractivity contribution in [3.05, 3.63) is 83.4 Å². The van der Waals surface area contributed by atoms with Crippen LogP contribution in [0.3, 0.4) is 0 Å². The van der Waals surface area contributed by atoms with E-state index in [0.717, 1.165) is 0 Å². The quantitative estimate of drug-likeness (QED) is 0.535. The second-order valence-electron chi connectivity index (χ2n) is 4.76. The van der Waals surface area contributed by atoms with Crippen LogP contribution in [0.1, 0.15) is 16.7 Å². The second-order valence-corrected chi connectivity index (χ2v) is 4.76. The molecule has 0 atom stereocenters. The van der Waals surface area contributed by atoms with Gasteiger partial charge in [-0.15, -0.1) is 0 Å². The van der Waals surface area contributed by atoms with E-state index in [1.54, 1.807) is 0 Å². The van der Waals surface area contributed by atoms with Crippen molar-refractivity contribution in [3.63, 3.8) is 0 Å². The Kier molecular flexibility index (Phi) is 3.16. The van der Waals surface area contributed by atoms with Gasteiger partial charge in [-0.1, -0.05) is 78.9 Å². The lowest BCUT2D eigenvalue weighted by molar-refractivity contribution is 1.45. The summed E-state index contributed by atoms with van der Waals surface area (Å²) < 4.78 is 0. The first-order chi connectivity index (χ1) is 9.34. The van der Waals surface area contributed by atoms with Gasteiger partial charge < -0.3 is 0 Å². The van der Waals surface area contributed by atoms with E-state index in [4.69, 9.17) is 0 Å². The highest BCUT2D eigenvalue weighted by atomic mass is 14.0. The molecular weight excluding hydrogens is 228 g/mol. The molecule has 0 N–H and O–H groups in total. The van der Waals surface area contributed by atoms with E-state index in [2.05, 4.69) is 85.8 Å². The Hall–Kier alpha value is -2.34. The molecule has 0 saturated carbocycles. The Bertz CT molecular complexity index is 730. The lowest BCUT2D eigenvalue weighted by Crippen LogP contribution is -1.80. The minimum atomic E-state index is 1.27. The number of fused-ring (bicyclic) bond motifs is 1. The van der Waals surface area contributed by atoms with E-state index in [9.17, 15) is 0 Å². The SMILES string of the molecule is Cc1ccccc1/C=C/c1cccc2ccccc12. The molecule has 0 saturated heterocycles. The summed E-state index contributed by atoms with van der Waals surface area (Å²) >= 11 is 0. The molecule has 3 aromatic carbocycles. The van der Waals surface area contributed by atoms with Crippen molar-refractivity contribution in [1.82, 2.24) is 0 Å².